The summed E-state index contributed by atoms with van der Waals surface area (Å²) in [6.07, 6.45) is 2.78. The van der Waals surface area contributed by atoms with Crippen LogP contribution in [0.5, 0.6) is 0 Å². The number of hydrogen-bond acceptors (Lipinski definition) is 7. The van der Waals surface area contributed by atoms with Crippen molar-refractivity contribution in [3.8, 4) is 0 Å². The van der Waals surface area contributed by atoms with Crippen molar-refractivity contribution in [3.63, 3.8) is 0 Å². The molecule has 0 radical (unpaired) electrons. The van der Waals surface area contributed by atoms with Crippen molar-refractivity contribution in [1.29, 1.82) is 0 Å². The molecule has 1 aromatic heterocycles. The standard InChI is InChI=1S/C11H19N5O3S/c12-14-10-1-2-13-9-11(10)20(18,19)16-5-3-15(4-6-16)7-8-17/h1-2,9,17H,3-8,12H2,(H,13,14). The Balaban J connectivity index is 2.16. The van der Waals surface area contributed by atoms with Crippen LogP contribution in [-0.2, 0) is 10.0 Å². The second-order valence-electron chi connectivity index (χ2n) is 4.49. The van der Waals surface area contributed by atoms with Gasteiger partial charge in [-0.15, -0.1) is 0 Å². The van der Waals surface area contributed by atoms with E-state index in [1.165, 1.54) is 22.8 Å². The molecule has 8 nitrogen and oxygen atoms in total. The van der Waals surface area contributed by atoms with Crippen LogP contribution in [0.25, 0.3) is 0 Å². The molecule has 0 unspecified atom stereocenters. The van der Waals surface area contributed by atoms with Crippen molar-refractivity contribution < 1.29 is 13.5 Å². The first-order valence-electron chi connectivity index (χ1n) is 6.33. The van der Waals surface area contributed by atoms with Gasteiger partial charge in [-0.2, -0.15) is 4.31 Å². The molecule has 0 spiro atoms. The summed E-state index contributed by atoms with van der Waals surface area (Å²) in [6.45, 7) is 2.63. The Hall–Kier alpha value is -1.26. The Morgan fingerprint density at radius 3 is 2.65 bits per heavy atom. The van der Waals surface area contributed by atoms with E-state index in [1.54, 1.807) is 0 Å². The molecule has 0 bridgehead atoms. The van der Waals surface area contributed by atoms with E-state index >= 15 is 0 Å². The average molecular weight is 301 g/mol. The molecule has 1 saturated heterocycles. The molecule has 1 fully saturated rings. The third-order valence-electron chi connectivity index (χ3n) is 3.31. The second-order valence-corrected chi connectivity index (χ2v) is 6.39. The third-order valence-corrected chi connectivity index (χ3v) is 5.23. The van der Waals surface area contributed by atoms with Crippen LogP contribution >= 0.6 is 0 Å². The van der Waals surface area contributed by atoms with Gasteiger partial charge in [-0.1, -0.05) is 0 Å². The quantitative estimate of drug-likeness (QED) is 0.456. The molecule has 0 saturated carbocycles. The molecule has 0 atom stereocenters. The highest BCUT2D eigenvalue weighted by Gasteiger charge is 2.30. The van der Waals surface area contributed by atoms with Gasteiger partial charge in [0.15, 0.2) is 0 Å². The number of aliphatic hydroxyl groups excluding tert-OH is 1. The maximum atomic E-state index is 12.6. The fourth-order valence-electron chi connectivity index (χ4n) is 2.18. The molecule has 2 rings (SSSR count). The van der Waals surface area contributed by atoms with Crippen LogP contribution in [0.15, 0.2) is 23.4 Å². The van der Waals surface area contributed by atoms with Crippen molar-refractivity contribution in [2.24, 2.45) is 5.84 Å². The summed E-state index contributed by atoms with van der Waals surface area (Å²) in [7, 11) is -3.60. The van der Waals surface area contributed by atoms with Gasteiger partial charge in [-0.3, -0.25) is 15.7 Å². The molecule has 20 heavy (non-hydrogen) atoms. The van der Waals surface area contributed by atoms with Crippen LogP contribution in [-0.4, -0.2) is 67.0 Å². The van der Waals surface area contributed by atoms with Gasteiger partial charge in [0.1, 0.15) is 4.90 Å². The Kier molecular flexibility index (Phi) is 4.89. The summed E-state index contributed by atoms with van der Waals surface area (Å²) in [4.78, 5) is 5.96. The summed E-state index contributed by atoms with van der Waals surface area (Å²) in [5, 5.41) is 8.89. The van der Waals surface area contributed by atoms with Gasteiger partial charge in [0.05, 0.1) is 12.3 Å². The van der Waals surface area contributed by atoms with Gasteiger partial charge >= 0.3 is 0 Å². The van der Waals surface area contributed by atoms with Crippen LogP contribution in [0.3, 0.4) is 0 Å². The van der Waals surface area contributed by atoms with Crippen molar-refractivity contribution in [3.05, 3.63) is 18.5 Å². The zero-order valence-electron chi connectivity index (χ0n) is 11.1. The lowest BCUT2D eigenvalue weighted by Gasteiger charge is -2.33. The molecule has 2 heterocycles. The number of β-amino-alcohol motifs (C(OH)–C–C–N with tert-alkyl or cyclic N) is 1. The first-order chi connectivity index (χ1) is 9.59. The Morgan fingerprint density at radius 2 is 2.05 bits per heavy atom. The number of sulfonamides is 1. The van der Waals surface area contributed by atoms with E-state index in [-0.39, 0.29) is 11.5 Å². The van der Waals surface area contributed by atoms with Gasteiger partial charge in [0.2, 0.25) is 10.0 Å². The fourth-order valence-corrected chi connectivity index (χ4v) is 3.70. The van der Waals surface area contributed by atoms with Gasteiger partial charge in [-0.25, -0.2) is 8.42 Å². The van der Waals surface area contributed by atoms with E-state index in [0.717, 1.165) is 0 Å². The molecular formula is C11H19N5O3S. The summed E-state index contributed by atoms with van der Waals surface area (Å²) in [5.41, 5.74) is 2.71. The number of rotatable bonds is 5. The van der Waals surface area contributed by atoms with Crippen LogP contribution in [0.1, 0.15) is 0 Å². The molecule has 1 aliphatic heterocycles. The lowest BCUT2D eigenvalue weighted by atomic mass is 10.4. The van der Waals surface area contributed by atoms with Crippen molar-refractivity contribution >= 4 is 15.7 Å². The SMILES string of the molecule is NNc1ccncc1S(=O)(=O)N1CCN(CCO)CC1. The van der Waals surface area contributed by atoms with Gasteiger partial charge in [0.25, 0.3) is 0 Å². The monoisotopic (exact) mass is 301 g/mol. The fraction of sp³-hybridized carbons (Fsp3) is 0.545. The van der Waals surface area contributed by atoms with Crippen LogP contribution in [0.4, 0.5) is 5.69 Å². The summed E-state index contributed by atoms with van der Waals surface area (Å²) in [5.74, 6) is 5.34. The van der Waals surface area contributed by atoms with E-state index in [0.29, 0.717) is 38.4 Å². The summed E-state index contributed by atoms with van der Waals surface area (Å²) < 4.78 is 26.5. The molecule has 9 heteroatoms. The van der Waals surface area contributed by atoms with E-state index in [1.807, 2.05) is 4.90 Å². The number of aromatic nitrogens is 1. The number of nitrogens with two attached hydrogens (primary N) is 1. The van der Waals surface area contributed by atoms with Crippen LogP contribution in [0.2, 0.25) is 0 Å². The average Bonchev–Trinajstić information content (AvgIpc) is 2.48. The molecule has 0 aromatic carbocycles. The molecule has 0 amide bonds. The number of aliphatic hydroxyl groups is 1. The maximum Gasteiger partial charge on any atom is 0.246 e. The Labute approximate surface area is 118 Å². The lowest BCUT2D eigenvalue weighted by Crippen LogP contribution is -2.49. The third kappa shape index (κ3) is 3.07. The minimum atomic E-state index is -3.60. The lowest BCUT2D eigenvalue weighted by molar-refractivity contribution is 0.151. The molecule has 1 aromatic rings. The first kappa shape index (κ1) is 15.1. The molecular weight excluding hydrogens is 282 g/mol. The zero-order chi connectivity index (χ0) is 14.6. The second kappa shape index (κ2) is 6.46. The van der Waals surface area contributed by atoms with E-state index in [4.69, 9.17) is 10.9 Å². The van der Waals surface area contributed by atoms with Crippen molar-refractivity contribution in [2.45, 2.75) is 4.90 Å². The zero-order valence-corrected chi connectivity index (χ0v) is 11.9. The summed E-state index contributed by atoms with van der Waals surface area (Å²) >= 11 is 0. The normalized spacial score (nSPS) is 18.1. The number of anilines is 1. The van der Waals surface area contributed by atoms with Crippen LogP contribution in [0, 0.1) is 0 Å². The highest BCUT2D eigenvalue weighted by atomic mass is 32.2. The van der Waals surface area contributed by atoms with Gasteiger partial charge in [-0.05, 0) is 6.07 Å². The predicted molar refractivity (Wildman–Crippen MR) is 74.3 cm³/mol. The summed E-state index contributed by atoms with van der Waals surface area (Å²) in [6, 6.07) is 1.52. The van der Waals surface area contributed by atoms with Gasteiger partial charge < -0.3 is 10.5 Å². The maximum absolute atomic E-state index is 12.6. The number of hydrogen-bond donors (Lipinski definition) is 3. The highest BCUT2D eigenvalue weighted by molar-refractivity contribution is 7.89. The van der Waals surface area contributed by atoms with Gasteiger partial charge in [0, 0.05) is 45.1 Å². The minimum absolute atomic E-state index is 0.0800. The largest absolute Gasteiger partial charge is 0.395 e. The van der Waals surface area contributed by atoms with E-state index in [9.17, 15) is 8.42 Å². The van der Waals surface area contributed by atoms with E-state index < -0.39 is 10.0 Å². The number of piperazine rings is 1. The number of nitrogens with one attached hydrogen (secondary N) is 1. The molecule has 4 N–H and O–H groups in total. The molecule has 1 aliphatic rings. The van der Waals surface area contributed by atoms with Crippen molar-refractivity contribution in [2.75, 3.05) is 44.8 Å². The topological polar surface area (TPSA) is 112 Å². The smallest absolute Gasteiger partial charge is 0.246 e. The molecule has 0 aliphatic carbocycles. The number of nitrogen functional groups attached to an aromatic ring is 1. The number of nitrogens with zero attached hydrogens (tertiary/aromatic N) is 3. The molecule has 112 valence electrons. The van der Waals surface area contributed by atoms with Crippen molar-refractivity contribution in [1.82, 2.24) is 14.2 Å². The highest BCUT2D eigenvalue weighted by Crippen LogP contribution is 2.23. The minimum Gasteiger partial charge on any atom is -0.395 e. The predicted octanol–water partition coefficient (Wildman–Crippen LogP) is -1.33. The Bertz CT molecular complexity index is 543. The number of hydrazine groups is 1. The van der Waals surface area contributed by atoms with E-state index in [2.05, 4.69) is 10.4 Å². The Morgan fingerprint density at radius 1 is 1.35 bits per heavy atom. The number of pyridine rings is 1. The first-order valence-corrected chi connectivity index (χ1v) is 7.77. The van der Waals surface area contributed by atoms with Crippen LogP contribution < -0.4 is 11.3 Å².